The van der Waals surface area contributed by atoms with Crippen molar-refractivity contribution in [2.45, 2.75) is 52.5 Å². The quantitative estimate of drug-likeness (QED) is 0.782. The van der Waals surface area contributed by atoms with Crippen LogP contribution in [0.4, 0.5) is 0 Å². The van der Waals surface area contributed by atoms with Crippen LogP contribution < -0.4 is 5.32 Å². The van der Waals surface area contributed by atoms with Crippen LogP contribution in [0.15, 0.2) is 5.38 Å². The van der Waals surface area contributed by atoms with Gasteiger partial charge in [0.1, 0.15) is 0 Å². The first-order chi connectivity index (χ1) is 7.72. The largest absolute Gasteiger partial charge is 0.313 e. The fraction of sp³-hybridized carbons (Fsp3) is 0.714. The molecule has 1 aliphatic rings. The van der Waals surface area contributed by atoms with Gasteiger partial charge in [-0.1, -0.05) is 20.8 Å². The molecule has 1 aliphatic carbocycles. The summed E-state index contributed by atoms with van der Waals surface area (Å²) in [5, 5.41) is 5.90. The predicted molar refractivity (Wildman–Crippen MR) is 72.2 cm³/mol. The Morgan fingerprint density at radius 3 is 3.00 bits per heavy atom. The lowest BCUT2D eigenvalue weighted by Crippen LogP contribution is -2.18. The molecule has 1 nitrogen and oxygen atoms in total. The zero-order valence-electron chi connectivity index (χ0n) is 10.7. The molecule has 0 spiro atoms. The van der Waals surface area contributed by atoms with Gasteiger partial charge >= 0.3 is 0 Å². The third kappa shape index (κ3) is 2.49. The van der Waals surface area contributed by atoms with E-state index in [1.165, 1.54) is 19.3 Å². The van der Waals surface area contributed by atoms with Crippen LogP contribution in [0.3, 0.4) is 0 Å². The van der Waals surface area contributed by atoms with Crippen molar-refractivity contribution in [3.05, 3.63) is 21.4 Å². The van der Waals surface area contributed by atoms with E-state index >= 15 is 0 Å². The van der Waals surface area contributed by atoms with Crippen LogP contribution in [0.2, 0.25) is 0 Å². The molecule has 16 heavy (non-hydrogen) atoms. The molecule has 0 saturated carbocycles. The third-order valence-electron chi connectivity index (χ3n) is 3.51. The van der Waals surface area contributed by atoms with Crippen LogP contribution in [0, 0.1) is 5.92 Å². The van der Waals surface area contributed by atoms with E-state index in [0.717, 1.165) is 24.9 Å². The lowest BCUT2D eigenvalue weighted by Gasteiger charge is -2.25. The van der Waals surface area contributed by atoms with E-state index in [1.807, 2.05) is 11.3 Å². The molecule has 0 aliphatic heterocycles. The highest BCUT2D eigenvalue weighted by molar-refractivity contribution is 7.10. The molecule has 1 N–H and O–H groups in total. The smallest absolute Gasteiger partial charge is 0.0216 e. The Labute approximate surface area is 103 Å². The zero-order valence-corrected chi connectivity index (χ0v) is 11.5. The summed E-state index contributed by atoms with van der Waals surface area (Å²) in [4.78, 5) is 1.66. The summed E-state index contributed by atoms with van der Waals surface area (Å²) in [5.41, 5.74) is 3.23. The van der Waals surface area contributed by atoms with E-state index in [2.05, 4.69) is 31.5 Å². The summed E-state index contributed by atoms with van der Waals surface area (Å²) in [6.45, 7) is 9.20. The lowest BCUT2D eigenvalue weighted by molar-refractivity contribution is 0.453. The highest BCUT2D eigenvalue weighted by Gasteiger charge is 2.24. The summed E-state index contributed by atoms with van der Waals surface area (Å²) in [6, 6.07) is 0. The van der Waals surface area contributed by atoms with Gasteiger partial charge < -0.3 is 5.32 Å². The van der Waals surface area contributed by atoms with Gasteiger partial charge in [-0.3, -0.25) is 0 Å². The van der Waals surface area contributed by atoms with E-state index in [-0.39, 0.29) is 0 Å². The number of nitrogens with one attached hydrogen (secondary N) is 1. The second kappa shape index (κ2) is 5.33. The van der Waals surface area contributed by atoms with Gasteiger partial charge in [-0.15, -0.1) is 11.3 Å². The summed E-state index contributed by atoms with van der Waals surface area (Å²) in [6.07, 6.45) is 3.89. The van der Waals surface area contributed by atoms with Crippen molar-refractivity contribution in [3.8, 4) is 0 Å². The van der Waals surface area contributed by atoms with Crippen molar-refractivity contribution in [3.63, 3.8) is 0 Å². The number of fused-ring (bicyclic) bond motifs is 1. The number of hydrogen-bond acceptors (Lipinski definition) is 2. The molecule has 2 atom stereocenters. The van der Waals surface area contributed by atoms with Gasteiger partial charge in [0, 0.05) is 11.4 Å². The molecule has 1 aromatic heterocycles. The maximum Gasteiger partial charge on any atom is 0.0216 e. The van der Waals surface area contributed by atoms with Gasteiger partial charge in [0.25, 0.3) is 0 Å². The lowest BCUT2D eigenvalue weighted by atomic mass is 9.82. The minimum Gasteiger partial charge on any atom is -0.313 e. The molecule has 0 amide bonds. The van der Waals surface area contributed by atoms with E-state index < -0.39 is 0 Å². The van der Waals surface area contributed by atoms with Crippen molar-refractivity contribution >= 4 is 11.3 Å². The van der Waals surface area contributed by atoms with Gasteiger partial charge in [-0.05, 0) is 54.1 Å². The maximum atomic E-state index is 3.52. The van der Waals surface area contributed by atoms with Crippen molar-refractivity contribution in [1.82, 2.24) is 5.32 Å². The molecule has 2 rings (SSSR count). The average Bonchev–Trinajstić information content (AvgIpc) is 2.62. The molecule has 2 unspecified atom stereocenters. The molecule has 1 heterocycles. The molecule has 0 bridgehead atoms. The molecular weight excluding hydrogens is 214 g/mol. The molecular formula is C14H23NS. The maximum absolute atomic E-state index is 3.52. The summed E-state index contributed by atoms with van der Waals surface area (Å²) in [5.74, 6) is 1.64. The Balaban J connectivity index is 2.10. The first kappa shape index (κ1) is 12.1. The van der Waals surface area contributed by atoms with Crippen molar-refractivity contribution in [2.24, 2.45) is 5.92 Å². The van der Waals surface area contributed by atoms with Gasteiger partial charge in [0.2, 0.25) is 0 Å². The van der Waals surface area contributed by atoms with Crippen LogP contribution in [0.25, 0.3) is 0 Å². The van der Waals surface area contributed by atoms with Crippen molar-refractivity contribution < 1.29 is 0 Å². The summed E-state index contributed by atoms with van der Waals surface area (Å²) < 4.78 is 0. The molecule has 0 saturated heterocycles. The minimum absolute atomic E-state index is 0.781. The van der Waals surface area contributed by atoms with Gasteiger partial charge in [-0.25, -0.2) is 0 Å². The fourth-order valence-corrected chi connectivity index (χ4v) is 3.95. The highest BCUT2D eigenvalue weighted by atomic mass is 32.1. The summed E-state index contributed by atoms with van der Waals surface area (Å²) in [7, 11) is 0. The predicted octanol–water partition coefficient (Wildman–Crippen LogP) is 3.93. The second-order valence-corrected chi connectivity index (χ2v) is 6.14. The topological polar surface area (TPSA) is 12.0 Å². The Morgan fingerprint density at radius 1 is 1.44 bits per heavy atom. The van der Waals surface area contributed by atoms with Crippen LogP contribution in [-0.4, -0.2) is 6.54 Å². The monoisotopic (exact) mass is 237 g/mol. The van der Waals surface area contributed by atoms with Crippen LogP contribution in [0.1, 0.15) is 55.5 Å². The Kier molecular flexibility index (Phi) is 4.04. The van der Waals surface area contributed by atoms with Crippen LogP contribution >= 0.6 is 11.3 Å². The SMILES string of the molecule is CCCNCc1csc2c1CC(C)CC2C. The van der Waals surface area contributed by atoms with Gasteiger partial charge in [0.15, 0.2) is 0 Å². The van der Waals surface area contributed by atoms with E-state index in [1.54, 1.807) is 16.0 Å². The molecule has 90 valence electrons. The van der Waals surface area contributed by atoms with Crippen LogP contribution in [0.5, 0.6) is 0 Å². The summed E-state index contributed by atoms with van der Waals surface area (Å²) >= 11 is 1.98. The van der Waals surface area contributed by atoms with E-state index in [9.17, 15) is 0 Å². The first-order valence-electron chi connectivity index (χ1n) is 6.52. The number of rotatable bonds is 4. The molecule has 1 aromatic rings. The van der Waals surface area contributed by atoms with Crippen molar-refractivity contribution in [2.75, 3.05) is 6.54 Å². The first-order valence-corrected chi connectivity index (χ1v) is 7.40. The minimum atomic E-state index is 0.781. The molecule has 0 fully saturated rings. The van der Waals surface area contributed by atoms with Gasteiger partial charge in [-0.2, -0.15) is 0 Å². The Morgan fingerprint density at radius 2 is 2.25 bits per heavy atom. The van der Waals surface area contributed by atoms with Crippen LogP contribution in [-0.2, 0) is 13.0 Å². The Hall–Kier alpha value is -0.340. The second-order valence-electron chi connectivity index (χ2n) is 5.23. The number of hydrogen-bond donors (Lipinski definition) is 1. The fourth-order valence-electron chi connectivity index (χ4n) is 2.77. The molecule has 0 aromatic carbocycles. The van der Waals surface area contributed by atoms with E-state index in [0.29, 0.717) is 0 Å². The Bertz CT molecular complexity index is 343. The molecule has 2 heteroatoms. The normalized spacial score (nSPS) is 24.4. The molecule has 0 radical (unpaired) electrons. The highest BCUT2D eigenvalue weighted by Crippen LogP contribution is 2.39. The van der Waals surface area contributed by atoms with E-state index in [4.69, 9.17) is 0 Å². The number of thiophene rings is 1. The third-order valence-corrected chi connectivity index (χ3v) is 4.82. The standard InChI is InChI=1S/C14H23NS/c1-4-5-15-8-12-9-16-14-11(3)6-10(2)7-13(12)14/h9-11,15H,4-8H2,1-3H3. The zero-order chi connectivity index (χ0) is 11.5. The van der Waals surface area contributed by atoms with Gasteiger partial charge in [0.05, 0.1) is 0 Å². The average molecular weight is 237 g/mol. The van der Waals surface area contributed by atoms with Crippen molar-refractivity contribution in [1.29, 1.82) is 0 Å².